The fourth-order valence-electron chi connectivity index (χ4n) is 3.88. The van der Waals surface area contributed by atoms with Gasteiger partial charge in [0.2, 0.25) is 0 Å². The summed E-state index contributed by atoms with van der Waals surface area (Å²) in [7, 11) is 0. The second kappa shape index (κ2) is 6.09. The molecule has 5 heteroatoms. The minimum Gasteiger partial charge on any atom is -0.507 e. The van der Waals surface area contributed by atoms with Crippen LogP contribution in [0.1, 0.15) is 47.9 Å². The van der Waals surface area contributed by atoms with Crippen LogP contribution >= 0.6 is 23.0 Å². The Morgan fingerprint density at radius 1 is 1.22 bits per heavy atom. The van der Waals surface area contributed by atoms with Gasteiger partial charge in [0.15, 0.2) is 11.4 Å². The van der Waals surface area contributed by atoms with Crippen molar-refractivity contribution in [3.05, 3.63) is 40.1 Å². The number of halogens is 1. The zero-order valence-corrected chi connectivity index (χ0v) is 15.8. The Kier molecular flexibility index (Phi) is 4.44. The Labute approximate surface area is 150 Å². The lowest BCUT2D eigenvalue weighted by atomic mass is 9.80. The molecule has 23 heavy (non-hydrogen) atoms. The predicted molar refractivity (Wildman–Crippen MR) is 96.4 cm³/mol. The third kappa shape index (κ3) is 2.78. The molecule has 1 spiro atoms. The lowest BCUT2D eigenvalue weighted by molar-refractivity contribution is -0.150. The highest BCUT2D eigenvalue weighted by Crippen LogP contribution is 2.47. The monoisotopic (exact) mass is 428 g/mol. The fourth-order valence-corrected chi connectivity index (χ4v) is 4.39. The highest BCUT2D eigenvalue weighted by molar-refractivity contribution is 14.1. The number of aryl methyl sites for hydroxylation is 3. The third-order valence-electron chi connectivity index (χ3n) is 4.95. The van der Waals surface area contributed by atoms with Gasteiger partial charge in [-0.25, -0.2) is 4.79 Å². The van der Waals surface area contributed by atoms with Crippen LogP contribution in [0, 0.1) is 20.8 Å². The van der Waals surface area contributed by atoms with Crippen molar-refractivity contribution >= 4 is 34.5 Å². The lowest BCUT2D eigenvalue weighted by Crippen LogP contribution is -2.38. The zero-order chi connectivity index (χ0) is 16.8. The number of aliphatic hydroxyl groups excluding tert-OH is 1. The van der Waals surface area contributed by atoms with Gasteiger partial charge in [-0.15, -0.1) is 0 Å². The van der Waals surface area contributed by atoms with E-state index < -0.39 is 11.6 Å². The van der Waals surface area contributed by atoms with Crippen LogP contribution in [-0.4, -0.2) is 22.8 Å². The van der Waals surface area contributed by atoms with Gasteiger partial charge in [0.05, 0.1) is 6.10 Å². The zero-order valence-electron chi connectivity index (χ0n) is 13.6. The van der Waals surface area contributed by atoms with Crippen molar-refractivity contribution in [1.29, 1.82) is 0 Å². The number of carbonyl (C=O) groups is 1. The van der Waals surface area contributed by atoms with Crippen molar-refractivity contribution in [2.75, 3.05) is 0 Å². The van der Waals surface area contributed by atoms with Gasteiger partial charge in [-0.1, -0.05) is 17.7 Å². The largest absolute Gasteiger partial charge is 0.507 e. The molecule has 1 aromatic carbocycles. The minimum absolute atomic E-state index is 0.101. The van der Waals surface area contributed by atoms with Crippen molar-refractivity contribution in [1.82, 2.24) is 0 Å². The minimum atomic E-state index is -0.859. The van der Waals surface area contributed by atoms with Crippen molar-refractivity contribution in [2.24, 2.45) is 0 Å². The van der Waals surface area contributed by atoms with Crippen LogP contribution in [0.5, 0.6) is 0 Å². The van der Waals surface area contributed by atoms with E-state index in [0.29, 0.717) is 18.4 Å². The third-order valence-corrected chi connectivity index (χ3v) is 5.67. The van der Waals surface area contributed by atoms with Gasteiger partial charge in [0, 0.05) is 0 Å². The molecule has 0 aromatic heterocycles. The molecule has 2 aliphatic rings. The van der Waals surface area contributed by atoms with Crippen molar-refractivity contribution < 1.29 is 17.7 Å². The maximum absolute atomic E-state index is 12.5. The van der Waals surface area contributed by atoms with Crippen LogP contribution in [0.2, 0.25) is 0 Å². The number of ether oxygens (including phenoxy) is 1. The van der Waals surface area contributed by atoms with E-state index in [1.165, 1.54) is 0 Å². The van der Waals surface area contributed by atoms with E-state index in [-0.39, 0.29) is 11.9 Å². The second-order valence-electron chi connectivity index (χ2n) is 6.67. The van der Waals surface area contributed by atoms with E-state index in [9.17, 15) is 9.90 Å². The molecule has 1 aromatic rings. The van der Waals surface area contributed by atoms with Gasteiger partial charge in [0.1, 0.15) is 28.6 Å². The summed E-state index contributed by atoms with van der Waals surface area (Å²) in [4.78, 5) is 12.5. The number of hydrogen-bond donors (Lipinski definition) is 1. The van der Waals surface area contributed by atoms with Crippen molar-refractivity contribution in [2.45, 2.75) is 58.2 Å². The molecule has 0 atom stereocenters. The Morgan fingerprint density at radius 2 is 1.78 bits per heavy atom. The molecule has 1 saturated carbocycles. The van der Waals surface area contributed by atoms with Crippen LogP contribution in [0.4, 0.5) is 0 Å². The fraction of sp³-hybridized carbons (Fsp3) is 0.500. The molecule has 0 radical (unpaired) electrons. The average molecular weight is 428 g/mol. The number of carbonyl (C=O) groups excluding carboxylic acids is 1. The smallest absolute Gasteiger partial charge is 0.343 e. The summed E-state index contributed by atoms with van der Waals surface area (Å²) in [6, 6.07) is 4.06. The highest BCUT2D eigenvalue weighted by atomic mass is 127. The first-order chi connectivity index (χ1) is 10.9. The Hall–Kier alpha value is -1.08. The van der Waals surface area contributed by atoms with E-state index in [0.717, 1.165) is 35.1 Å². The van der Waals surface area contributed by atoms with Gasteiger partial charge >= 0.3 is 5.97 Å². The van der Waals surface area contributed by atoms with Gasteiger partial charge in [-0.05, 0) is 63.1 Å². The number of esters is 1. The normalized spacial score (nSPS) is 27.7. The summed E-state index contributed by atoms with van der Waals surface area (Å²) in [5.74, 6) is -0.309. The van der Waals surface area contributed by atoms with Crippen LogP contribution in [-0.2, 0) is 12.6 Å². The molecule has 0 unspecified atom stereocenters. The van der Waals surface area contributed by atoms with E-state index in [1.54, 1.807) is 0 Å². The standard InChI is InChI=1S/C18H21IO4/c1-10-8-11(2)14(12(3)9-10)15-16(20)18(22-17(15)21)6-4-13(23-19)5-7-18/h8-9,13,20H,4-7H2,1-3H3/t13-,18+. The number of benzene rings is 1. The van der Waals surface area contributed by atoms with Crippen LogP contribution < -0.4 is 0 Å². The predicted octanol–water partition coefficient (Wildman–Crippen LogP) is 4.49. The highest BCUT2D eigenvalue weighted by Gasteiger charge is 2.50. The number of aliphatic hydroxyl groups is 1. The first kappa shape index (κ1) is 16.8. The van der Waals surface area contributed by atoms with Gasteiger partial charge < -0.3 is 12.9 Å². The Bertz CT molecular complexity index is 661. The lowest BCUT2D eigenvalue weighted by Gasteiger charge is -2.34. The molecule has 1 N–H and O–H groups in total. The topological polar surface area (TPSA) is 55.8 Å². The average Bonchev–Trinajstić information content (AvgIpc) is 2.72. The summed E-state index contributed by atoms with van der Waals surface area (Å²) in [6.45, 7) is 5.96. The quantitative estimate of drug-likeness (QED) is 0.558. The van der Waals surface area contributed by atoms with Gasteiger partial charge in [0.25, 0.3) is 0 Å². The number of rotatable bonds is 2. The molecule has 0 amide bonds. The van der Waals surface area contributed by atoms with E-state index >= 15 is 0 Å². The first-order valence-electron chi connectivity index (χ1n) is 7.90. The van der Waals surface area contributed by atoms with Crippen LogP contribution in [0.3, 0.4) is 0 Å². The maximum Gasteiger partial charge on any atom is 0.343 e. The second-order valence-corrected chi connectivity index (χ2v) is 7.18. The molecule has 1 aliphatic carbocycles. The molecular weight excluding hydrogens is 407 g/mol. The maximum atomic E-state index is 12.5. The molecule has 1 aliphatic heterocycles. The van der Waals surface area contributed by atoms with Crippen LogP contribution in [0.15, 0.2) is 17.9 Å². The molecule has 1 heterocycles. The first-order valence-corrected chi connectivity index (χ1v) is 8.79. The molecule has 4 nitrogen and oxygen atoms in total. The Morgan fingerprint density at radius 3 is 2.30 bits per heavy atom. The van der Waals surface area contributed by atoms with E-state index in [2.05, 4.69) is 0 Å². The molecule has 0 saturated heterocycles. The van der Waals surface area contributed by atoms with Crippen molar-refractivity contribution in [3.8, 4) is 0 Å². The molecule has 3 rings (SSSR count). The summed E-state index contributed by atoms with van der Waals surface area (Å²) >= 11 is 1.91. The van der Waals surface area contributed by atoms with E-state index in [4.69, 9.17) is 7.80 Å². The SMILES string of the molecule is Cc1cc(C)c(C2=C(O)[C@]3(CC[C@H](OI)CC3)OC2=O)c(C)c1. The molecule has 124 valence electrons. The number of hydrogen-bond acceptors (Lipinski definition) is 4. The summed E-state index contributed by atoms with van der Waals surface area (Å²) in [5, 5.41) is 10.9. The molecule has 1 fully saturated rings. The molecule has 0 bridgehead atoms. The van der Waals surface area contributed by atoms with Crippen LogP contribution in [0.25, 0.3) is 5.57 Å². The van der Waals surface area contributed by atoms with Gasteiger partial charge in [-0.3, -0.25) is 0 Å². The summed E-state index contributed by atoms with van der Waals surface area (Å²) in [5.41, 5.74) is 3.41. The van der Waals surface area contributed by atoms with Crippen molar-refractivity contribution in [3.63, 3.8) is 0 Å². The molecular formula is C18H21IO4. The van der Waals surface area contributed by atoms with E-state index in [1.807, 2.05) is 55.9 Å². The summed E-state index contributed by atoms with van der Waals surface area (Å²) < 4.78 is 11.0. The van der Waals surface area contributed by atoms with Gasteiger partial charge in [-0.2, -0.15) is 0 Å². The summed E-state index contributed by atoms with van der Waals surface area (Å²) in [6.07, 6.45) is 2.93. The Balaban J connectivity index is 2.04.